The van der Waals surface area contributed by atoms with Crippen LogP contribution in [0.15, 0.2) is 72.8 Å². The number of hydrogen-bond donors (Lipinski definition) is 3. The standard InChI is InChI=1S/C23H21ClF2N4O2/c24-16-5-3-6-18(15-16)28-23(32)30(19-11-9-17(25)10-12-19)14-4-13-27-22(31)29-21-8-2-1-7-20(21)26/h1-3,5-12,15H,4,13-14H2,(H,28,32)(H2,27,29,31). The zero-order valence-electron chi connectivity index (χ0n) is 16.9. The Morgan fingerprint density at radius 2 is 1.66 bits per heavy atom. The minimum Gasteiger partial charge on any atom is -0.338 e. The minimum absolute atomic E-state index is 0.0684. The number of halogens is 3. The highest BCUT2D eigenvalue weighted by atomic mass is 35.5. The van der Waals surface area contributed by atoms with Crippen molar-refractivity contribution in [3.8, 4) is 0 Å². The Morgan fingerprint density at radius 1 is 0.906 bits per heavy atom. The van der Waals surface area contributed by atoms with Crippen LogP contribution in [0.4, 0.5) is 35.4 Å². The molecule has 3 N–H and O–H groups in total. The van der Waals surface area contributed by atoms with E-state index in [2.05, 4.69) is 16.0 Å². The van der Waals surface area contributed by atoms with Crippen molar-refractivity contribution < 1.29 is 18.4 Å². The summed E-state index contributed by atoms with van der Waals surface area (Å²) in [7, 11) is 0. The van der Waals surface area contributed by atoms with E-state index in [0.29, 0.717) is 22.8 Å². The van der Waals surface area contributed by atoms with Gasteiger partial charge in [0, 0.05) is 29.5 Å². The van der Waals surface area contributed by atoms with Gasteiger partial charge in [0.1, 0.15) is 11.6 Å². The number of rotatable bonds is 7. The highest BCUT2D eigenvalue weighted by Gasteiger charge is 2.16. The van der Waals surface area contributed by atoms with E-state index in [-0.39, 0.29) is 18.8 Å². The van der Waals surface area contributed by atoms with Crippen LogP contribution in [0.25, 0.3) is 0 Å². The lowest BCUT2D eigenvalue weighted by atomic mass is 10.2. The molecule has 0 fully saturated rings. The van der Waals surface area contributed by atoms with Crippen LogP contribution in [0.2, 0.25) is 5.02 Å². The molecule has 0 atom stereocenters. The van der Waals surface area contributed by atoms with Crippen LogP contribution in [0, 0.1) is 11.6 Å². The monoisotopic (exact) mass is 458 g/mol. The summed E-state index contributed by atoms with van der Waals surface area (Å²) in [5.41, 5.74) is 1.07. The molecule has 32 heavy (non-hydrogen) atoms. The van der Waals surface area contributed by atoms with Gasteiger partial charge in [-0.2, -0.15) is 0 Å². The van der Waals surface area contributed by atoms with E-state index in [1.165, 1.54) is 47.4 Å². The molecule has 0 unspecified atom stereocenters. The Morgan fingerprint density at radius 3 is 2.38 bits per heavy atom. The van der Waals surface area contributed by atoms with Crippen molar-refractivity contribution in [2.75, 3.05) is 28.6 Å². The maximum Gasteiger partial charge on any atom is 0.326 e. The Labute approximate surface area is 189 Å². The average molecular weight is 459 g/mol. The van der Waals surface area contributed by atoms with E-state index in [1.807, 2.05) is 0 Å². The molecule has 0 aromatic heterocycles. The predicted octanol–water partition coefficient (Wildman–Crippen LogP) is 5.87. The molecule has 0 radical (unpaired) electrons. The number of carbonyl (C=O) groups excluding carboxylic acids is 2. The molecule has 6 nitrogen and oxygen atoms in total. The number of amides is 4. The number of urea groups is 2. The topological polar surface area (TPSA) is 73.5 Å². The van der Waals surface area contributed by atoms with Crippen LogP contribution >= 0.6 is 11.6 Å². The first kappa shape index (κ1) is 23.0. The second-order valence-corrected chi connectivity index (χ2v) is 7.22. The number of para-hydroxylation sites is 1. The number of anilines is 3. The van der Waals surface area contributed by atoms with Crippen molar-refractivity contribution in [2.45, 2.75) is 6.42 Å². The number of carbonyl (C=O) groups is 2. The minimum atomic E-state index is -0.563. The van der Waals surface area contributed by atoms with Gasteiger partial charge < -0.3 is 16.0 Å². The zero-order valence-corrected chi connectivity index (χ0v) is 17.7. The molecule has 0 bridgehead atoms. The summed E-state index contributed by atoms with van der Waals surface area (Å²) in [6, 6.07) is 17.0. The third-order valence-corrected chi connectivity index (χ3v) is 4.66. The van der Waals surface area contributed by atoms with E-state index in [1.54, 1.807) is 30.3 Å². The first-order chi connectivity index (χ1) is 15.4. The highest BCUT2D eigenvalue weighted by molar-refractivity contribution is 6.30. The highest BCUT2D eigenvalue weighted by Crippen LogP contribution is 2.19. The Hall–Kier alpha value is -3.65. The van der Waals surface area contributed by atoms with Crippen LogP contribution in [-0.4, -0.2) is 25.2 Å². The smallest absolute Gasteiger partial charge is 0.326 e. The first-order valence-corrected chi connectivity index (χ1v) is 10.2. The molecular formula is C23H21ClF2N4O2. The van der Waals surface area contributed by atoms with Gasteiger partial charge in [0.15, 0.2) is 0 Å². The Bertz CT molecular complexity index is 1080. The van der Waals surface area contributed by atoms with Gasteiger partial charge in [-0.3, -0.25) is 4.90 Å². The second-order valence-electron chi connectivity index (χ2n) is 6.78. The van der Waals surface area contributed by atoms with Crippen LogP contribution in [0.5, 0.6) is 0 Å². The van der Waals surface area contributed by atoms with Crippen molar-refractivity contribution in [1.29, 1.82) is 0 Å². The van der Waals surface area contributed by atoms with Crippen molar-refractivity contribution in [3.05, 3.63) is 89.5 Å². The van der Waals surface area contributed by atoms with Crippen molar-refractivity contribution in [2.24, 2.45) is 0 Å². The number of nitrogens with one attached hydrogen (secondary N) is 3. The fourth-order valence-corrected chi connectivity index (χ4v) is 3.08. The molecule has 0 saturated carbocycles. The Balaban J connectivity index is 1.59. The van der Waals surface area contributed by atoms with E-state index >= 15 is 0 Å². The average Bonchev–Trinajstić information content (AvgIpc) is 2.76. The molecule has 0 heterocycles. The van der Waals surface area contributed by atoms with E-state index in [0.717, 1.165) is 0 Å². The van der Waals surface area contributed by atoms with Gasteiger partial charge in [-0.15, -0.1) is 0 Å². The summed E-state index contributed by atoms with van der Waals surface area (Å²) in [6.45, 7) is 0.459. The predicted molar refractivity (Wildman–Crippen MR) is 122 cm³/mol. The van der Waals surface area contributed by atoms with Gasteiger partial charge in [0.2, 0.25) is 0 Å². The number of hydrogen-bond acceptors (Lipinski definition) is 2. The third kappa shape index (κ3) is 6.68. The summed E-state index contributed by atoms with van der Waals surface area (Å²) in [5.74, 6) is -0.960. The number of nitrogens with zero attached hydrogens (tertiary/aromatic N) is 1. The van der Waals surface area contributed by atoms with Crippen LogP contribution in [0.3, 0.4) is 0 Å². The molecule has 9 heteroatoms. The lowest BCUT2D eigenvalue weighted by molar-refractivity contribution is 0.252. The summed E-state index contributed by atoms with van der Waals surface area (Å²) in [5, 5.41) is 8.27. The van der Waals surface area contributed by atoms with Crippen LogP contribution < -0.4 is 20.9 Å². The molecule has 0 spiro atoms. The van der Waals surface area contributed by atoms with Crippen molar-refractivity contribution in [1.82, 2.24) is 5.32 Å². The number of benzene rings is 3. The van der Waals surface area contributed by atoms with E-state index < -0.39 is 23.7 Å². The van der Waals surface area contributed by atoms with Crippen LogP contribution in [-0.2, 0) is 0 Å². The quantitative estimate of drug-likeness (QED) is 0.387. The van der Waals surface area contributed by atoms with Gasteiger partial charge in [-0.05, 0) is 61.0 Å². The van der Waals surface area contributed by atoms with E-state index in [9.17, 15) is 18.4 Å². The van der Waals surface area contributed by atoms with Crippen molar-refractivity contribution in [3.63, 3.8) is 0 Å². The van der Waals surface area contributed by atoms with Gasteiger partial charge in [0.05, 0.1) is 5.69 Å². The second kappa shape index (κ2) is 11.1. The molecule has 3 aromatic rings. The molecule has 166 valence electrons. The molecule has 0 aliphatic rings. The van der Waals surface area contributed by atoms with Gasteiger partial charge >= 0.3 is 12.1 Å². The first-order valence-electron chi connectivity index (χ1n) is 9.81. The lowest BCUT2D eigenvalue weighted by Crippen LogP contribution is -2.38. The molecule has 0 saturated heterocycles. The molecular weight excluding hydrogens is 438 g/mol. The summed E-state index contributed by atoms with van der Waals surface area (Å²) >= 11 is 5.97. The molecule has 0 aliphatic carbocycles. The normalized spacial score (nSPS) is 10.3. The fourth-order valence-electron chi connectivity index (χ4n) is 2.89. The summed E-state index contributed by atoms with van der Waals surface area (Å²) < 4.78 is 27.0. The molecule has 0 aliphatic heterocycles. The SMILES string of the molecule is O=C(NCCCN(C(=O)Nc1cccc(Cl)c1)c1ccc(F)cc1)Nc1ccccc1F. The van der Waals surface area contributed by atoms with Gasteiger partial charge in [0.25, 0.3) is 0 Å². The summed E-state index contributed by atoms with van der Waals surface area (Å²) in [6.07, 6.45) is 0.394. The van der Waals surface area contributed by atoms with Gasteiger partial charge in [-0.1, -0.05) is 29.8 Å². The lowest BCUT2D eigenvalue weighted by Gasteiger charge is -2.23. The molecule has 3 rings (SSSR count). The maximum atomic E-state index is 13.6. The third-order valence-electron chi connectivity index (χ3n) is 4.43. The summed E-state index contributed by atoms with van der Waals surface area (Å²) in [4.78, 5) is 26.3. The zero-order chi connectivity index (χ0) is 22.9. The largest absolute Gasteiger partial charge is 0.338 e. The fraction of sp³-hybridized carbons (Fsp3) is 0.130. The van der Waals surface area contributed by atoms with Crippen LogP contribution in [0.1, 0.15) is 6.42 Å². The molecule has 4 amide bonds. The Kier molecular flexibility index (Phi) is 7.99. The van der Waals surface area contributed by atoms with Crippen molar-refractivity contribution >= 4 is 40.7 Å². The van der Waals surface area contributed by atoms with E-state index in [4.69, 9.17) is 11.6 Å². The van der Waals surface area contributed by atoms with Gasteiger partial charge in [-0.25, -0.2) is 18.4 Å². The molecule has 3 aromatic carbocycles. The maximum absolute atomic E-state index is 13.6.